The largest absolute Gasteiger partial charge is 0.356 e. The summed E-state index contributed by atoms with van der Waals surface area (Å²) in [6, 6.07) is 0.0784. The second kappa shape index (κ2) is 10.2. The van der Waals surface area contributed by atoms with Crippen LogP contribution in [0.25, 0.3) is 0 Å². The van der Waals surface area contributed by atoms with E-state index in [4.69, 9.17) is 0 Å². The van der Waals surface area contributed by atoms with Crippen molar-refractivity contribution in [3.63, 3.8) is 0 Å². The summed E-state index contributed by atoms with van der Waals surface area (Å²) in [4.78, 5) is 6.77. The first-order valence-corrected chi connectivity index (χ1v) is 11.1. The molecule has 1 saturated heterocycles. The van der Waals surface area contributed by atoms with Crippen molar-refractivity contribution in [1.82, 2.24) is 15.5 Å². The zero-order chi connectivity index (χ0) is 18.2. The third-order valence-electron chi connectivity index (χ3n) is 4.42. The number of guanidine groups is 1. The maximum atomic E-state index is 11.2. The number of hydrogen-bond donors (Lipinski definition) is 2. The lowest BCUT2D eigenvalue weighted by Crippen LogP contribution is -2.44. The summed E-state index contributed by atoms with van der Waals surface area (Å²) < 4.78 is 22.4. The quantitative estimate of drug-likeness (QED) is 0.388. The lowest BCUT2D eigenvalue weighted by Gasteiger charge is -2.35. The van der Waals surface area contributed by atoms with Crippen LogP contribution in [0.2, 0.25) is 0 Å². The van der Waals surface area contributed by atoms with Gasteiger partial charge in [-0.05, 0) is 44.6 Å². The van der Waals surface area contributed by atoms with E-state index < -0.39 is 9.84 Å². The Kier molecular flexibility index (Phi) is 9.05. The summed E-state index contributed by atoms with van der Waals surface area (Å²) in [5.74, 6) is 2.54. The van der Waals surface area contributed by atoms with Gasteiger partial charge in [-0.15, -0.1) is 0 Å². The molecule has 24 heavy (non-hydrogen) atoms. The summed E-state index contributed by atoms with van der Waals surface area (Å²) in [5, 5.41) is 6.57. The Morgan fingerprint density at radius 3 is 2.46 bits per heavy atom. The highest BCUT2D eigenvalue weighted by Crippen LogP contribution is 2.20. The molecule has 1 aliphatic rings. The number of nitrogens with one attached hydrogen (secondary N) is 2. The third kappa shape index (κ3) is 9.47. The molecule has 1 heterocycles. The Morgan fingerprint density at radius 2 is 1.92 bits per heavy atom. The first-order valence-electron chi connectivity index (χ1n) is 9.07. The molecular weight excluding hydrogens is 324 g/mol. The standard InChI is InChI=1S/C17H36N4O2S/c1-14-11-15(2)13-21(12-14)9-6-8-19-17(18-4)20-16(3)7-10-24(5,22)23/h14-16H,6-13H2,1-5H3,(H2,18,19,20). The van der Waals surface area contributed by atoms with Crippen molar-refractivity contribution < 1.29 is 8.42 Å². The van der Waals surface area contributed by atoms with Crippen LogP contribution in [0.15, 0.2) is 4.99 Å². The fourth-order valence-electron chi connectivity index (χ4n) is 3.38. The molecule has 0 aliphatic carbocycles. The molecule has 2 N–H and O–H groups in total. The van der Waals surface area contributed by atoms with Crippen LogP contribution in [0.5, 0.6) is 0 Å². The van der Waals surface area contributed by atoms with Crippen molar-refractivity contribution >= 4 is 15.8 Å². The molecule has 0 aromatic rings. The van der Waals surface area contributed by atoms with Gasteiger partial charge in [0.15, 0.2) is 5.96 Å². The minimum atomic E-state index is -2.91. The van der Waals surface area contributed by atoms with E-state index in [0.717, 1.165) is 37.3 Å². The van der Waals surface area contributed by atoms with Crippen molar-refractivity contribution in [2.24, 2.45) is 16.8 Å². The molecule has 1 fully saturated rings. The topological polar surface area (TPSA) is 73.8 Å². The highest BCUT2D eigenvalue weighted by atomic mass is 32.2. The zero-order valence-corrected chi connectivity index (χ0v) is 16.8. The van der Waals surface area contributed by atoms with E-state index in [1.165, 1.54) is 25.8 Å². The molecule has 7 heteroatoms. The maximum absolute atomic E-state index is 11.2. The van der Waals surface area contributed by atoms with Gasteiger partial charge in [-0.25, -0.2) is 8.42 Å². The highest BCUT2D eigenvalue weighted by Gasteiger charge is 2.21. The summed E-state index contributed by atoms with van der Waals surface area (Å²) in [5.41, 5.74) is 0. The Morgan fingerprint density at radius 1 is 1.29 bits per heavy atom. The van der Waals surface area contributed by atoms with E-state index in [-0.39, 0.29) is 11.8 Å². The van der Waals surface area contributed by atoms with Crippen molar-refractivity contribution in [3.05, 3.63) is 0 Å². The number of aliphatic imine (C=N–C) groups is 1. The van der Waals surface area contributed by atoms with Crippen LogP contribution in [0.4, 0.5) is 0 Å². The molecule has 0 spiro atoms. The molecule has 0 aromatic carbocycles. The van der Waals surface area contributed by atoms with E-state index in [1.54, 1.807) is 7.05 Å². The summed E-state index contributed by atoms with van der Waals surface area (Å²) in [6.45, 7) is 11.1. The number of sulfone groups is 1. The van der Waals surface area contributed by atoms with Crippen LogP contribution in [-0.4, -0.2) is 70.6 Å². The fraction of sp³-hybridized carbons (Fsp3) is 0.941. The number of nitrogens with zero attached hydrogens (tertiary/aromatic N) is 2. The molecule has 0 bridgehead atoms. The average Bonchev–Trinajstić information content (AvgIpc) is 2.46. The highest BCUT2D eigenvalue weighted by molar-refractivity contribution is 7.90. The van der Waals surface area contributed by atoms with Gasteiger partial charge >= 0.3 is 0 Å². The Bertz CT molecular complexity index is 483. The summed E-state index contributed by atoms with van der Waals surface area (Å²) in [6.07, 6.45) is 4.28. The Labute approximate surface area is 148 Å². The molecule has 0 radical (unpaired) electrons. The predicted molar refractivity (Wildman–Crippen MR) is 102 cm³/mol. The van der Waals surface area contributed by atoms with Gasteiger partial charge in [0.25, 0.3) is 0 Å². The van der Waals surface area contributed by atoms with E-state index >= 15 is 0 Å². The van der Waals surface area contributed by atoms with Crippen molar-refractivity contribution in [1.29, 1.82) is 0 Å². The lowest BCUT2D eigenvalue weighted by molar-refractivity contribution is 0.140. The lowest BCUT2D eigenvalue weighted by atomic mass is 9.92. The summed E-state index contributed by atoms with van der Waals surface area (Å²) in [7, 11) is -1.17. The SMILES string of the molecule is CN=C(NCCCN1CC(C)CC(C)C1)NC(C)CCS(C)(=O)=O. The predicted octanol–water partition coefficient (Wildman–Crippen LogP) is 1.34. The third-order valence-corrected chi connectivity index (χ3v) is 5.39. The Hall–Kier alpha value is -0.820. The van der Waals surface area contributed by atoms with Gasteiger partial charge < -0.3 is 15.5 Å². The van der Waals surface area contributed by atoms with Crippen molar-refractivity contribution in [2.45, 2.75) is 46.1 Å². The van der Waals surface area contributed by atoms with Gasteiger partial charge in [0.05, 0.1) is 5.75 Å². The number of piperidine rings is 1. The van der Waals surface area contributed by atoms with Crippen LogP contribution >= 0.6 is 0 Å². The van der Waals surface area contributed by atoms with Gasteiger partial charge in [0, 0.05) is 39.0 Å². The molecule has 3 atom stereocenters. The van der Waals surface area contributed by atoms with Crippen LogP contribution in [-0.2, 0) is 9.84 Å². The van der Waals surface area contributed by atoms with Gasteiger partial charge in [0.2, 0.25) is 0 Å². The van der Waals surface area contributed by atoms with Crippen LogP contribution in [0.3, 0.4) is 0 Å². The van der Waals surface area contributed by atoms with Gasteiger partial charge in [-0.2, -0.15) is 0 Å². The molecule has 1 rings (SSSR count). The molecule has 3 unspecified atom stereocenters. The normalized spacial score (nSPS) is 24.6. The molecule has 6 nitrogen and oxygen atoms in total. The van der Waals surface area contributed by atoms with E-state index in [9.17, 15) is 8.42 Å². The average molecular weight is 361 g/mol. The van der Waals surface area contributed by atoms with Crippen molar-refractivity contribution in [3.8, 4) is 0 Å². The number of likely N-dealkylation sites (tertiary alicyclic amines) is 1. The van der Waals surface area contributed by atoms with Gasteiger partial charge in [-0.3, -0.25) is 4.99 Å². The maximum Gasteiger partial charge on any atom is 0.191 e. The molecular formula is C17H36N4O2S. The molecule has 0 amide bonds. The molecule has 1 aliphatic heterocycles. The fourth-order valence-corrected chi connectivity index (χ4v) is 4.16. The number of hydrogen-bond acceptors (Lipinski definition) is 4. The van der Waals surface area contributed by atoms with Gasteiger partial charge in [0.1, 0.15) is 9.84 Å². The van der Waals surface area contributed by atoms with Crippen LogP contribution in [0, 0.1) is 11.8 Å². The molecule has 0 saturated carbocycles. The minimum absolute atomic E-state index is 0.0784. The van der Waals surface area contributed by atoms with E-state index in [1.807, 2.05) is 6.92 Å². The Balaban J connectivity index is 2.22. The van der Waals surface area contributed by atoms with Crippen LogP contribution < -0.4 is 10.6 Å². The molecule has 142 valence electrons. The molecule has 0 aromatic heterocycles. The van der Waals surface area contributed by atoms with Gasteiger partial charge in [-0.1, -0.05) is 13.8 Å². The second-order valence-corrected chi connectivity index (χ2v) is 9.78. The first-order chi connectivity index (χ1) is 11.2. The monoisotopic (exact) mass is 360 g/mol. The zero-order valence-electron chi connectivity index (χ0n) is 16.0. The van der Waals surface area contributed by atoms with E-state index in [0.29, 0.717) is 6.42 Å². The summed E-state index contributed by atoms with van der Waals surface area (Å²) >= 11 is 0. The second-order valence-electron chi connectivity index (χ2n) is 7.52. The number of rotatable bonds is 8. The van der Waals surface area contributed by atoms with E-state index in [2.05, 4.69) is 34.4 Å². The van der Waals surface area contributed by atoms with Crippen molar-refractivity contribution in [2.75, 3.05) is 45.2 Å². The first kappa shape index (κ1) is 21.2. The van der Waals surface area contributed by atoms with Crippen LogP contribution in [0.1, 0.15) is 40.0 Å². The smallest absolute Gasteiger partial charge is 0.191 e. The minimum Gasteiger partial charge on any atom is -0.356 e.